The minimum Gasteiger partial charge on any atom is -0.462 e. The highest BCUT2D eigenvalue weighted by Crippen LogP contribution is 2.40. The predicted molar refractivity (Wildman–Crippen MR) is 210 cm³/mol. The van der Waals surface area contributed by atoms with Crippen LogP contribution in [0.1, 0.15) is 92.9 Å². The number of hydrogen-bond donors (Lipinski definition) is 1. The van der Waals surface area contributed by atoms with Crippen LogP contribution in [0.15, 0.2) is 94.9 Å². The molecule has 1 N–H and O–H groups in total. The molecule has 1 fully saturated rings. The molecule has 4 atom stereocenters. The second kappa shape index (κ2) is 23.7. The van der Waals surface area contributed by atoms with Crippen molar-refractivity contribution in [2.75, 3.05) is 19.8 Å². The summed E-state index contributed by atoms with van der Waals surface area (Å²) in [6.45, 7) is 21.6. The van der Waals surface area contributed by atoms with Gasteiger partial charge in [-0.05, 0) is 88.9 Å². The summed E-state index contributed by atoms with van der Waals surface area (Å²) in [6.07, 6.45) is 10.5. The van der Waals surface area contributed by atoms with Gasteiger partial charge in [-0.1, -0.05) is 68.5 Å². The molecule has 12 nitrogen and oxygen atoms in total. The number of carbonyl (C=O) groups is 6. The van der Waals surface area contributed by atoms with Crippen LogP contribution in [0.2, 0.25) is 0 Å². The van der Waals surface area contributed by atoms with Crippen molar-refractivity contribution < 1.29 is 57.6 Å². The number of allylic oxidation sites excluding steroid dienone is 6. The van der Waals surface area contributed by atoms with Crippen LogP contribution in [0.5, 0.6) is 0 Å². The molecule has 0 aromatic carbocycles. The fourth-order valence-corrected chi connectivity index (χ4v) is 6.11. The summed E-state index contributed by atoms with van der Waals surface area (Å²) in [4.78, 5) is 76.6. The number of esters is 5. The molecule has 2 rings (SSSR count). The van der Waals surface area contributed by atoms with Gasteiger partial charge in [0.2, 0.25) is 0 Å². The fourth-order valence-electron chi connectivity index (χ4n) is 6.11. The second-order valence-corrected chi connectivity index (χ2v) is 14.4. The maximum absolute atomic E-state index is 14.3. The molecule has 2 aliphatic rings. The Balaban J connectivity index is 2.55. The van der Waals surface area contributed by atoms with E-state index in [0.29, 0.717) is 51.2 Å². The molecule has 1 heterocycles. The monoisotopic (exact) mass is 778 g/mol. The standard InChI is InChI=1S/C44H58O12/c1-27(2)30(5)19-20-36(17-12-16-35(26-53-34(9)48)15-10-13-28(3)21-22-52-33(8)47)43(50)56-41-37(25-46)18-11-14-29(4)23-38-39(32(7)42(49)55-38)40(41)44(51)54-31(6)24-45/h15,17-18,21,23,25,27,38-41,45H,5-7,10-14,16,19-20,22,24,26H2,1-4,8-9H3. The molecule has 0 saturated carbocycles. The topological polar surface area (TPSA) is 169 Å². The second-order valence-electron chi connectivity index (χ2n) is 14.4. The van der Waals surface area contributed by atoms with Gasteiger partial charge >= 0.3 is 29.8 Å². The van der Waals surface area contributed by atoms with Crippen LogP contribution in [-0.4, -0.2) is 73.3 Å². The molecular weight excluding hydrogens is 720 g/mol. The molecule has 306 valence electrons. The molecule has 0 amide bonds. The molecule has 0 radical (unpaired) electrons. The number of ether oxygens (including phenoxy) is 5. The average Bonchev–Trinajstić information content (AvgIpc) is 3.40. The maximum atomic E-state index is 14.3. The Morgan fingerprint density at radius 1 is 0.982 bits per heavy atom. The van der Waals surface area contributed by atoms with Crippen LogP contribution in [0.3, 0.4) is 0 Å². The predicted octanol–water partition coefficient (Wildman–Crippen LogP) is 7.00. The highest BCUT2D eigenvalue weighted by Gasteiger charge is 2.51. The van der Waals surface area contributed by atoms with Gasteiger partial charge in [-0.15, -0.1) is 0 Å². The van der Waals surface area contributed by atoms with Crippen LogP contribution >= 0.6 is 0 Å². The van der Waals surface area contributed by atoms with Crippen LogP contribution in [0, 0.1) is 17.8 Å². The highest BCUT2D eigenvalue weighted by atomic mass is 16.6. The summed E-state index contributed by atoms with van der Waals surface area (Å²) >= 11 is 0. The van der Waals surface area contributed by atoms with E-state index in [1.54, 1.807) is 18.2 Å². The van der Waals surface area contributed by atoms with Crippen LogP contribution in [-0.2, 0) is 52.5 Å². The number of hydrogen-bond acceptors (Lipinski definition) is 12. The van der Waals surface area contributed by atoms with E-state index >= 15 is 0 Å². The van der Waals surface area contributed by atoms with Gasteiger partial charge in [-0.25, -0.2) is 9.59 Å². The molecule has 0 aromatic rings. The third-order valence-electron chi connectivity index (χ3n) is 9.54. The van der Waals surface area contributed by atoms with E-state index in [2.05, 4.69) is 19.7 Å². The molecule has 0 aromatic heterocycles. The molecule has 1 aliphatic heterocycles. The van der Waals surface area contributed by atoms with E-state index in [0.717, 1.165) is 22.3 Å². The van der Waals surface area contributed by atoms with Gasteiger partial charge in [0, 0.05) is 36.5 Å². The summed E-state index contributed by atoms with van der Waals surface area (Å²) in [5.74, 6) is -6.06. The zero-order valence-corrected chi connectivity index (χ0v) is 33.7. The van der Waals surface area contributed by atoms with Gasteiger partial charge in [-0.2, -0.15) is 0 Å². The zero-order chi connectivity index (χ0) is 41.9. The summed E-state index contributed by atoms with van der Waals surface area (Å²) in [5, 5.41) is 9.61. The van der Waals surface area contributed by atoms with Crippen LogP contribution in [0.25, 0.3) is 0 Å². The Bertz CT molecular complexity index is 1670. The number of fused-ring (bicyclic) bond motifs is 1. The van der Waals surface area contributed by atoms with Crippen molar-refractivity contribution in [3.05, 3.63) is 94.9 Å². The Kier molecular flexibility index (Phi) is 19.9. The van der Waals surface area contributed by atoms with Crippen molar-refractivity contribution in [1.82, 2.24) is 0 Å². The van der Waals surface area contributed by atoms with Gasteiger partial charge in [0.15, 0.2) is 0 Å². The Morgan fingerprint density at radius 2 is 1.66 bits per heavy atom. The van der Waals surface area contributed by atoms with Gasteiger partial charge in [0.1, 0.15) is 50.0 Å². The molecule has 4 unspecified atom stereocenters. The van der Waals surface area contributed by atoms with Crippen molar-refractivity contribution in [2.24, 2.45) is 17.8 Å². The molecule has 1 aliphatic carbocycles. The zero-order valence-electron chi connectivity index (χ0n) is 33.7. The lowest BCUT2D eigenvalue weighted by Crippen LogP contribution is -2.43. The van der Waals surface area contributed by atoms with E-state index in [9.17, 15) is 33.9 Å². The number of aliphatic hydroxyl groups is 1. The first-order valence-corrected chi connectivity index (χ1v) is 18.9. The lowest BCUT2D eigenvalue weighted by Gasteiger charge is -2.32. The minimum atomic E-state index is -1.53. The van der Waals surface area contributed by atoms with E-state index < -0.39 is 54.5 Å². The first-order valence-electron chi connectivity index (χ1n) is 18.9. The molecule has 56 heavy (non-hydrogen) atoms. The van der Waals surface area contributed by atoms with Gasteiger partial charge in [0.05, 0.1) is 0 Å². The molecule has 0 spiro atoms. The first-order chi connectivity index (χ1) is 26.5. The lowest BCUT2D eigenvalue weighted by molar-refractivity contribution is -0.159. The molecule has 1 saturated heterocycles. The van der Waals surface area contributed by atoms with E-state index in [1.807, 2.05) is 39.8 Å². The van der Waals surface area contributed by atoms with Crippen molar-refractivity contribution in [1.29, 1.82) is 0 Å². The molecule has 12 heteroatoms. The van der Waals surface area contributed by atoms with Gasteiger partial charge in [0.25, 0.3) is 0 Å². The Hall–Kier alpha value is -5.10. The van der Waals surface area contributed by atoms with E-state index in [1.165, 1.54) is 13.8 Å². The quantitative estimate of drug-likeness (QED) is 0.0336. The van der Waals surface area contributed by atoms with Crippen molar-refractivity contribution >= 4 is 36.1 Å². The maximum Gasteiger partial charge on any atom is 0.334 e. The van der Waals surface area contributed by atoms with Crippen molar-refractivity contribution in [3.8, 4) is 0 Å². The summed E-state index contributed by atoms with van der Waals surface area (Å²) in [7, 11) is 0. The van der Waals surface area contributed by atoms with Crippen molar-refractivity contribution in [2.45, 2.75) is 105 Å². The number of aldehydes is 1. The van der Waals surface area contributed by atoms with Crippen LogP contribution in [0.4, 0.5) is 0 Å². The summed E-state index contributed by atoms with van der Waals surface area (Å²) in [5.41, 5.74) is 3.78. The number of carbonyl (C=O) groups excluding carboxylic acids is 6. The van der Waals surface area contributed by atoms with Crippen molar-refractivity contribution in [3.63, 3.8) is 0 Å². The largest absolute Gasteiger partial charge is 0.462 e. The third-order valence-corrected chi connectivity index (χ3v) is 9.54. The smallest absolute Gasteiger partial charge is 0.334 e. The Labute approximate surface area is 330 Å². The highest BCUT2D eigenvalue weighted by molar-refractivity contribution is 5.94. The third kappa shape index (κ3) is 15.6. The number of rotatable bonds is 20. The lowest BCUT2D eigenvalue weighted by atomic mass is 9.77. The molecule has 0 bridgehead atoms. The Morgan fingerprint density at radius 3 is 2.29 bits per heavy atom. The SMILES string of the molecule is C=C(CO)OC(=O)C1C(OC(=O)C(=CCCC(=CCCC(C)=CCOC(C)=O)COC(C)=O)CCC(=C)C(C)C)C(C=O)=CCCC(C)=CC2OC(=O)C(=C)C21. The number of aliphatic hydroxyl groups excluding tert-OH is 1. The van der Waals surface area contributed by atoms with E-state index in [-0.39, 0.29) is 54.0 Å². The van der Waals surface area contributed by atoms with E-state index in [4.69, 9.17) is 23.7 Å². The minimum absolute atomic E-state index is 0.00903. The summed E-state index contributed by atoms with van der Waals surface area (Å²) in [6, 6.07) is 0. The van der Waals surface area contributed by atoms with Crippen LogP contribution < -0.4 is 0 Å². The average molecular weight is 779 g/mol. The molecular formula is C44H58O12. The first kappa shape index (κ1) is 47.1. The summed E-state index contributed by atoms with van der Waals surface area (Å²) < 4.78 is 27.4. The normalized spacial score (nSPS) is 20.5. The van der Waals surface area contributed by atoms with Gasteiger partial charge in [-0.3, -0.25) is 19.2 Å². The van der Waals surface area contributed by atoms with Gasteiger partial charge < -0.3 is 28.8 Å². The fraction of sp³-hybridized carbons (Fsp3) is 0.500.